The van der Waals surface area contributed by atoms with Gasteiger partial charge < -0.3 is 10.5 Å². The molecular formula is C10H13F2NO. The fourth-order valence-electron chi connectivity index (χ4n) is 1.22. The molecule has 4 heteroatoms. The summed E-state index contributed by atoms with van der Waals surface area (Å²) in [4.78, 5) is 0. The Kier molecular flexibility index (Phi) is 3.83. The largest absolute Gasteiger partial charge is 0.435 e. The second-order valence-corrected chi connectivity index (χ2v) is 3.21. The molecule has 78 valence electrons. The highest BCUT2D eigenvalue weighted by molar-refractivity contribution is 5.28. The van der Waals surface area contributed by atoms with Crippen LogP contribution in [-0.4, -0.2) is 12.7 Å². The fraction of sp³-hybridized carbons (Fsp3) is 0.400. The van der Waals surface area contributed by atoms with Crippen LogP contribution in [0.25, 0.3) is 0 Å². The van der Waals surface area contributed by atoms with Crippen molar-refractivity contribution in [1.29, 1.82) is 0 Å². The van der Waals surface area contributed by atoms with Crippen LogP contribution in [0.5, 0.6) is 5.75 Å². The number of rotatable bonds is 4. The predicted octanol–water partition coefficient (Wildman–Crippen LogP) is 2.18. The van der Waals surface area contributed by atoms with Gasteiger partial charge in [0, 0.05) is 6.04 Å². The Morgan fingerprint density at radius 1 is 1.43 bits per heavy atom. The highest BCUT2D eigenvalue weighted by atomic mass is 19.3. The molecule has 14 heavy (non-hydrogen) atoms. The minimum absolute atomic E-state index is 0.0109. The van der Waals surface area contributed by atoms with E-state index in [4.69, 9.17) is 5.73 Å². The lowest BCUT2D eigenvalue weighted by Gasteiger charge is -2.08. The lowest BCUT2D eigenvalue weighted by Crippen LogP contribution is -2.17. The normalized spacial score (nSPS) is 12.9. The van der Waals surface area contributed by atoms with E-state index in [-0.39, 0.29) is 11.8 Å². The summed E-state index contributed by atoms with van der Waals surface area (Å²) in [6.45, 7) is -0.916. The first-order chi connectivity index (χ1) is 6.58. The van der Waals surface area contributed by atoms with Gasteiger partial charge in [0.1, 0.15) is 5.75 Å². The van der Waals surface area contributed by atoms with E-state index >= 15 is 0 Å². The van der Waals surface area contributed by atoms with E-state index in [9.17, 15) is 8.78 Å². The smallest absolute Gasteiger partial charge is 0.387 e. The molecule has 0 heterocycles. The van der Waals surface area contributed by atoms with Crippen LogP contribution in [0.1, 0.15) is 12.5 Å². The molecule has 2 nitrogen and oxygen atoms in total. The molecule has 0 aliphatic carbocycles. The standard InChI is InChI=1S/C10H13F2NO/c1-7(13)5-8-3-2-4-9(6-8)14-10(11)12/h2-4,6-7,10H,5,13H2,1H3/t7-/m1/s1. The summed E-state index contributed by atoms with van der Waals surface area (Å²) >= 11 is 0. The van der Waals surface area contributed by atoms with Crippen LogP contribution in [-0.2, 0) is 6.42 Å². The first-order valence-electron chi connectivity index (χ1n) is 4.37. The summed E-state index contributed by atoms with van der Waals surface area (Å²) in [5.74, 6) is 0.179. The van der Waals surface area contributed by atoms with Crippen molar-refractivity contribution in [2.75, 3.05) is 0 Å². The summed E-state index contributed by atoms with van der Waals surface area (Å²) in [5.41, 5.74) is 6.49. The molecule has 0 aliphatic rings. The molecule has 0 amide bonds. The molecule has 1 rings (SSSR count). The number of halogens is 2. The summed E-state index contributed by atoms with van der Waals surface area (Å²) in [7, 11) is 0. The third-order valence-corrected chi connectivity index (χ3v) is 1.68. The van der Waals surface area contributed by atoms with Gasteiger partial charge in [-0.2, -0.15) is 8.78 Å². The zero-order valence-corrected chi connectivity index (χ0v) is 7.91. The number of hydrogen-bond acceptors (Lipinski definition) is 2. The predicted molar refractivity (Wildman–Crippen MR) is 50.4 cm³/mol. The van der Waals surface area contributed by atoms with Crippen molar-refractivity contribution < 1.29 is 13.5 Å². The Morgan fingerprint density at radius 2 is 2.14 bits per heavy atom. The molecular weight excluding hydrogens is 188 g/mol. The number of alkyl halides is 2. The van der Waals surface area contributed by atoms with Gasteiger partial charge in [0.15, 0.2) is 0 Å². The van der Waals surface area contributed by atoms with Gasteiger partial charge in [-0.3, -0.25) is 0 Å². The lowest BCUT2D eigenvalue weighted by atomic mass is 10.1. The van der Waals surface area contributed by atoms with E-state index in [1.165, 1.54) is 6.07 Å². The molecule has 0 unspecified atom stereocenters. The Morgan fingerprint density at radius 3 is 2.71 bits per heavy atom. The fourth-order valence-corrected chi connectivity index (χ4v) is 1.22. The van der Waals surface area contributed by atoms with Crippen LogP contribution in [0.4, 0.5) is 8.78 Å². The summed E-state index contributed by atoms with van der Waals surface area (Å²) in [5, 5.41) is 0. The van der Waals surface area contributed by atoms with E-state index in [1.54, 1.807) is 12.1 Å². The van der Waals surface area contributed by atoms with Gasteiger partial charge in [0.2, 0.25) is 0 Å². The zero-order valence-electron chi connectivity index (χ0n) is 7.91. The van der Waals surface area contributed by atoms with Gasteiger partial charge in [-0.1, -0.05) is 12.1 Å². The van der Waals surface area contributed by atoms with Crippen molar-refractivity contribution in [1.82, 2.24) is 0 Å². The minimum Gasteiger partial charge on any atom is -0.435 e. The van der Waals surface area contributed by atoms with Gasteiger partial charge in [0.05, 0.1) is 0 Å². The van der Waals surface area contributed by atoms with E-state index in [1.807, 2.05) is 13.0 Å². The van der Waals surface area contributed by atoms with Crippen LogP contribution in [0.15, 0.2) is 24.3 Å². The van der Waals surface area contributed by atoms with Crippen LogP contribution < -0.4 is 10.5 Å². The Labute approximate surface area is 81.7 Å². The van der Waals surface area contributed by atoms with Crippen molar-refractivity contribution in [3.8, 4) is 5.75 Å². The molecule has 0 saturated carbocycles. The van der Waals surface area contributed by atoms with Crippen molar-refractivity contribution in [2.24, 2.45) is 5.73 Å². The van der Waals surface area contributed by atoms with E-state index in [0.717, 1.165) is 5.56 Å². The quantitative estimate of drug-likeness (QED) is 0.810. The van der Waals surface area contributed by atoms with Crippen LogP contribution in [0.2, 0.25) is 0 Å². The van der Waals surface area contributed by atoms with Gasteiger partial charge in [-0.05, 0) is 31.0 Å². The number of nitrogens with two attached hydrogens (primary N) is 1. The van der Waals surface area contributed by atoms with Gasteiger partial charge in [0.25, 0.3) is 0 Å². The maximum Gasteiger partial charge on any atom is 0.387 e. The first-order valence-corrected chi connectivity index (χ1v) is 4.37. The Balaban J connectivity index is 2.68. The Bertz CT molecular complexity index is 264. The number of benzene rings is 1. The third-order valence-electron chi connectivity index (χ3n) is 1.68. The average Bonchev–Trinajstić information content (AvgIpc) is 2.01. The number of ether oxygens (including phenoxy) is 1. The minimum atomic E-state index is -2.78. The molecule has 0 aromatic heterocycles. The molecule has 0 radical (unpaired) electrons. The van der Waals surface area contributed by atoms with Gasteiger partial charge in [-0.15, -0.1) is 0 Å². The molecule has 0 aliphatic heterocycles. The second-order valence-electron chi connectivity index (χ2n) is 3.21. The molecule has 0 bridgehead atoms. The first kappa shape index (κ1) is 10.9. The highest BCUT2D eigenvalue weighted by Gasteiger charge is 2.05. The van der Waals surface area contributed by atoms with E-state index in [0.29, 0.717) is 6.42 Å². The van der Waals surface area contributed by atoms with Crippen molar-refractivity contribution in [3.05, 3.63) is 29.8 Å². The third kappa shape index (κ3) is 3.70. The van der Waals surface area contributed by atoms with Crippen molar-refractivity contribution in [3.63, 3.8) is 0 Å². The molecule has 1 aromatic carbocycles. The second kappa shape index (κ2) is 4.91. The molecule has 1 aromatic rings. The molecule has 2 N–H and O–H groups in total. The van der Waals surface area contributed by atoms with Crippen molar-refractivity contribution >= 4 is 0 Å². The SMILES string of the molecule is C[C@@H](N)Cc1cccc(OC(F)F)c1. The average molecular weight is 201 g/mol. The lowest BCUT2D eigenvalue weighted by molar-refractivity contribution is -0.0498. The summed E-state index contributed by atoms with van der Waals surface area (Å²) in [6.07, 6.45) is 0.653. The van der Waals surface area contributed by atoms with Crippen molar-refractivity contribution in [2.45, 2.75) is 26.0 Å². The maximum atomic E-state index is 11.9. The van der Waals surface area contributed by atoms with E-state index < -0.39 is 6.61 Å². The van der Waals surface area contributed by atoms with Gasteiger partial charge in [-0.25, -0.2) is 0 Å². The molecule has 0 fully saturated rings. The monoisotopic (exact) mass is 201 g/mol. The molecule has 0 saturated heterocycles. The van der Waals surface area contributed by atoms with Crippen LogP contribution in [0, 0.1) is 0 Å². The van der Waals surface area contributed by atoms with Crippen LogP contribution in [0.3, 0.4) is 0 Å². The number of hydrogen-bond donors (Lipinski definition) is 1. The summed E-state index contributed by atoms with van der Waals surface area (Å²) < 4.78 is 28.0. The Hall–Kier alpha value is -1.16. The molecule has 0 spiro atoms. The summed E-state index contributed by atoms with van der Waals surface area (Å²) in [6, 6.07) is 6.60. The molecule has 1 atom stereocenters. The van der Waals surface area contributed by atoms with Crippen LogP contribution >= 0.6 is 0 Å². The zero-order chi connectivity index (χ0) is 10.6. The highest BCUT2D eigenvalue weighted by Crippen LogP contribution is 2.16. The maximum absolute atomic E-state index is 11.9. The van der Waals surface area contributed by atoms with E-state index in [2.05, 4.69) is 4.74 Å². The topological polar surface area (TPSA) is 35.2 Å². The van der Waals surface area contributed by atoms with Gasteiger partial charge >= 0.3 is 6.61 Å².